The molecule has 2 bridgehead atoms. The van der Waals surface area contributed by atoms with Gasteiger partial charge in [-0.15, -0.1) is 0 Å². The van der Waals surface area contributed by atoms with Crippen molar-refractivity contribution < 1.29 is 4.39 Å². The van der Waals surface area contributed by atoms with Crippen LogP contribution in [-0.4, -0.2) is 23.5 Å². The van der Waals surface area contributed by atoms with Crippen LogP contribution in [0, 0.1) is 23.1 Å². The van der Waals surface area contributed by atoms with Crippen LogP contribution < -0.4 is 5.73 Å². The summed E-state index contributed by atoms with van der Waals surface area (Å²) in [5.74, 6) is 0.888. The largest absolute Gasteiger partial charge is 0.326 e. The first-order chi connectivity index (χ1) is 13.1. The first kappa shape index (κ1) is 16.9. The maximum Gasteiger partial charge on any atom is 0.141 e. The second-order valence-corrected chi connectivity index (χ2v) is 8.46. The molecular formula is C23H24FN3. The first-order valence-electron chi connectivity index (χ1n) is 9.95. The van der Waals surface area contributed by atoms with Gasteiger partial charge in [0.1, 0.15) is 11.9 Å². The van der Waals surface area contributed by atoms with Gasteiger partial charge in [-0.3, -0.25) is 4.90 Å². The molecule has 2 aromatic rings. The van der Waals surface area contributed by atoms with E-state index in [1.54, 1.807) is 6.07 Å². The van der Waals surface area contributed by atoms with E-state index in [9.17, 15) is 4.39 Å². The van der Waals surface area contributed by atoms with Gasteiger partial charge in [0.15, 0.2) is 0 Å². The van der Waals surface area contributed by atoms with E-state index in [0.29, 0.717) is 18.0 Å². The molecule has 3 unspecified atom stereocenters. The molecule has 2 aromatic carbocycles. The van der Waals surface area contributed by atoms with Crippen molar-refractivity contribution in [1.29, 1.82) is 5.26 Å². The van der Waals surface area contributed by atoms with Crippen LogP contribution in [0.25, 0.3) is 11.1 Å². The highest BCUT2D eigenvalue weighted by Gasteiger charge is 2.43. The normalized spacial score (nSPS) is 27.1. The number of nitriles is 1. The van der Waals surface area contributed by atoms with Crippen molar-refractivity contribution in [3.8, 4) is 17.2 Å². The van der Waals surface area contributed by atoms with Crippen molar-refractivity contribution in [1.82, 2.24) is 4.90 Å². The molecule has 1 aliphatic heterocycles. The number of nitrogens with zero attached hydrogens (tertiary/aromatic N) is 2. The van der Waals surface area contributed by atoms with Crippen molar-refractivity contribution in [2.45, 2.75) is 50.2 Å². The second kappa shape index (κ2) is 6.44. The first-order valence-corrected chi connectivity index (χ1v) is 9.95. The molecule has 27 heavy (non-hydrogen) atoms. The molecule has 1 saturated heterocycles. The van der Waals surface area contributed by atoms with Crippen molar-refractivity contribution in [3.05, 3.63) is 58.9 Å². The van der Waals surface area contributed by atoms with E-state index in [0.717, 1.165) is 30.1 Å². The van der Waals surface area contributed by atoms with Gasteiger partial charge in [-0.25, -0.2) is 4.39 Å². The van der Waals surface area contributed by atoms with Crippen molar-refractivity contribution in [3.63, 3.8) is 0 Å². The van der Waals surface area contributed by atoms with Crippen LogP contribution in [0.4, 0.5) is 4.39 Å². The van der Waals surface area contributed by atoms with E-state index in [4.69, 9.17) is 11.0 Å². The Morgan fingerprint density at radius 1 is 1.19 bits per heavy atom. The van der Waals surface area contributed by atoms with E-state index in [2.05, 4.69) is 23.1 Å². The molecule has 3 aliphatic rings. The van der Waals surface area contributed by atoms with Gasteiger partial charge < -0.3 is 5.73 Å². The Morgan fingerprint density at radius 3 is 2.70 bits per heavy atom. The Kier molecular flexibility index (Phi) is 4.03. The van der Waals surface area contributed by atoms with Gasteiger partial charge in [-0.2, -0.15) is 5.26 Å². The number of rotatable bonds is 4. The number of halogens is 1. The summed E-state index contributed by atoms with van der Waals surface area (Å²) in [7, 11) is 0. The fourth-order valence-corrected chi connectivity index (χ4v) is 5.22. The van der Waals surface area contributed by atoms with Crippen LogP contribution in [-0.2, 0) is 6.54 Å². The molecule has 3 fully saturated rings. The van der Waals surface area contributed by atoms with Crippen molar-refractivity contribution >= 4 is 0 Å². The Bertz CT molecular complexity index is 928. The van der Waals surface area contributed by atoms with Gasteiger partial charge in [0.05, 0.1) is 5.56 Å². The third-order valence-corrected chi connectivity index (χ3v) is 6.59. The minimum atomic E-state index is -0.440. The van der Waals surface area contributed by atoms with Crippen LogP contribution in [0.1, 0.15) is 48.3 Å². The predicted octanol–water partition coefficient (Wildman–Crippen LogP) is 4.16. The zero-order valence-corrected chi connectivity index (χ0v) is 15.4. The fraction of sp³-hybridized carbons (Fsp3) is 0.435. The molecule has 2 aliphatic carbocycles. The minimum absolute atomic E-state index is 0.102. The van der Waals surface area contributed by atoms with Crippen molar-refractivity contribution in [2.75, 3.05) is 6.54 Å². The van der Waals surface area contributed by atoms with Gasteiger partial charge in [-0.05, 0) is 71.9 Å². The lowest BCUT2D eigenvalue weighted by Crippen LogP contribution is -2.45. The number of likely N-dealkylation sites (tertiary alicyclic amines) is 1. The number of nitrogens with two attached hydrogens (primary N) is 1. The van der Waals surface area contributed by atoms with Gasteiger partial charge >= 0.3 is 0 Å². The van der Waals surface area contributed by atoms with Crippen molar-refractivity contribution in [2.24, 2.45) is 11.7 Å². The summed E-state index contributed by atoms with van der Waals surface area (Å²) in [6.45, 7) is 2.09. The zero-order chi connectivity index (χ0) is 18.5. The van der Waals surface area contributed by atoms with E-state index >= 15 is 0 Å². The molecule has 5 rings (SSSR count). The van der Waals surface area contributed by atoms with E-state index in [-0.39, 0.29) is 5.56 Å². The van der Waals surface area contributed by atoms with E-state index in [1.807, 2.05) is 12.1 Å². The van der Waals surface area contributed by atoms with Gasteiger partial charge in [-0.1, -0.05) is 24.3 Å². The molecule has 0 amide bonds. The SMILES string of the molecule is N#Cc1ccc(-c2cccc(CN3CC4CC(N)C3C4)c2C2CC2)cc1F. The molecule has 1 heterocycles. The molecule has 2 saturated carbocycles. The molecule has 0 aromatic heterocycles. The Morgan fingerprint density at radius 2 is 2.04 bits per heavy atom. The molecule has 2 N–H and O–H groups in total. The highest BCUT2D eigenvalue weighted by atomic mass is 19.1. The summed E-state index contributed by atoms with van der Waals surface area (Å²) in [6.07, 6.45) is 4.81. The molecule has 0 radical (unpaired) electrons. The topological polar surface area (TPSA) is 53.0 Å². The van der Waals surface area contributed by atoms with E-state index in [1.165, 1.54) is 42.9 Å². The summed E-state index contributed by atoms with van der Waals surface area (Å²) in [5.41, 5.74) is 11.2. The monoisotopic (exact) mass is 361 g/mol. The van der Waals surface area contributed by atoms with Gasteiger partial charge in [0, 0.05) is 25.2 Å². The molecular weight excluding hydrogens is 337 g/mol. The third kappa shape index (κ3) is 2.96. The van der Waals surface area contributed by atoms with Gasteiger partial charge in [0.25, 0.3) is 0 Å². The predicted molar refractivity (Wildman–Crippen MR) is 103 cm³/mol. The zero-order valence-electron chi connectivity index (χ0n) is 15.4. The number of piperidine rings is 1. The quantitative estimate of drug-likeness (QED) is 0.889. The average Bonchev–Trinajstić information content (AvgIpc) is 3.34. The molecule has 4 heteroatoms. The molecule has 0 spiro atoms. The molecule has 3 atom stereocenters. The minimum Gasteiger partial charge on any atom is -0.326 e. The summed E-state index contributed by atoms with van der Waals surface area (Å²) >= 11 is 0. The third-order valence-electron chi connectivity index (χ3n) is 6.59. The summed E-state index contributed by atoms with van der Waals surface area (Å²) in [4.78, 5) is 2.56. The number of benzene rings is 2. The number of fused-ring (bicyclic) bond motifs is 2. The maximum absolute atomic E-state index is 14.2. The average molecular weight is 361 g/mol. The Hall–Kier alpha value is -2.22. The summed E-state index contributed by atoms with van der Waals surface area (Å²) in [5, 5.41) is 9.00. The van der Waals surface area contributed by atoms with Crippen LogP contribution in [0.15, 0.2) is 36.4 Å². The van der Waals surface area contributed by atoms with Crippen LogP contribution in [0.5, 0.6) is 0 Å². The lowest BCUT2D eigenvalue weighted by atomic mass is 9.91. The van der Waals surface area contributed by atoms with Gasteiger partial charge in [0.2, 0.25) is 0 Å². The lowest BCUT2D eigenvalue weighted by Gasteiger charge is -2.32. The highest BCUT2D eigenvalue weighted by Crippen LogP contribution is 2.47. The lowest BCUT2D eigenvalue weighted by molar-refractivity contribution is 0.185. The summed E-state index contributed by atoms with van der Waals surface area (Å²) in [6, 6.07) is 14.1. The van der Waals surface area contributed by atoms with E-state index < -0.39 is 5.82 Å². The van der Waals surface area contributed by atoms with Crippen LogP contribution in [0.2, 0.25) is 0 Å². The number of hydrogen-bond acceptors (Lipinski definition) is 3. The highest BCUT2D eigenvalue weighted by molar-refractivity contribution is 5.71. The smallest absolute Gasteiger partial charge is 0.141 e. The molecule has 138 valence electrons. The second-order valence-electron chi connectivity index (χ2n) is 8.46. The van der Waals surface area contributed by atoms with Crippen LogP contribution in [0.3, 0.4) is 0 Å². The number of hydrogen-bond donors (Lipinski definition) is 1. The summed E-state index contributed by atoms with van der Waals surface area (Å²) < 4.78 is 14.2. The Labute approximate surface area is 159 Å². The Balaban J connectivity index is 1.51. The fourth-order valence-electron chi connectivity index (χ4n) is 5.22. The standard InChI is InChI=1S/C23H24FN3/c24-20-10-16(6-7-17(20)11-25)19-3-1-2-18(23(19)15-4-5-15)13-27-12-14-8-21(26)22(27)9-14/h1-3,6-7,10,14-15,21-22H,4-5,8-9,12-13,26H2. The van der Waals surface area contributed by atoms with Crippen LogP contribution >= 0.6 is 0 Å². The molecule has 3 nitrogen and oxygen atoms in total. The maximum atomic E-state index is 14.2.